The molecular formula is C16H31NO2. The summed E-state index contributed by atoms with van der Waals surface area (Å²) in [5.41, 5.74) is 0.350. The van der Waals surface area contributed by atoms with E-state index in [2.05, 4.69) is 26.1 Å². The first-order chi connectivity index (χ1) is 9.12. The lowest BCUT2D eigenvalue weighted by atomic mass is 9.76. The van der Waals surface area contributed by atoms with Gasteiger partial charge >= 0.3 is 0 Å². The van der Waals surface area contributed by atoms with E-state index in [-0.39, 0.29) is 0 Å². The van der Waals surface area contributed by atoms with Crippen LogP contribution in [0, 0.1) is 5.41 Å². The number of rotatable bonds is 7. The zero-order chi connectivity index (χ0) is 13.7. The Balaban J connectivity index is 1.79. The Morgan fingerprint density at radius 2 is 2.11 bits per heavy atom. The normalized spacial score (nSPS) is 35.4. The molecule has 0 aliphatic carbocycles. The van der Waals surface area contributed by atoms with Crippen molar-refractivity contribution in [3.05, 3.63) is 0 Å². The van der Waals surface area contributed by atoms with Gasteiger partial charge in [0.2, 0.25) is 0 Å². The third-order valence-electron chi connectivity index (χ3n) is 4.92. The monoisotopic (exact) mass is 269 g/mol. The van der Waals surface area contributed by atoms with Gasteiger partial charge in [-0.15, -0.1) is 0 Å². The maximum absolute atomic E-state index is 5.85. The van der Waals surface area contributed by atoms with E-state index in [1.54, 1.807) is 0 Å². The molecule has 3 atom stereocenters. The molecule has 2 rings (SSSR count). The molecule has 1 N–H and O–H groups in total. The van der Waals surface area contributed by atoms with E-state index < -0.39 is 0 Å². The van der Waals surface area contributed by atoms with Crippen molar-refractivity contribution in [2.24, 2.45) is 5.41 Å². The van der Waals surface area contributed by atoms with Crippen LogP contribution in [0.2, 0.25) is 0 Å². The summed E-state index contributed by atoms with van der Waals surface area (Å²) < 4.78 is 11.6. The molecule has 0 amide bonds. The zero-order valence-electron chi connectivity index (χ0n) is 12.9. The van der Waals surface area contributed by atoms with Crippen molar-refractivity contribution in [1.82, 2.24) is 5.32 Å². The molecule has 3 unspecified atom stereocenters. The summed E-state index contributed by atoms with van der Waals surface area (Å²) in [7, 11) is 0. The Kier molecular flexibility index (Phi) is 5.67. The van der Waals surface area contributed by atoms with E-state index in [4.69, 9.17) is 9.47 Å². The van der Waals surface area contributed by atoms with Gasteiger partial charge < -0.3 is 14.8 Å². The fraction of sp³-hybridized carbons (Fsp3) is 1.00. The summed E-state index contributed by atoms with van der Waals surface area (Å²) >= 11 is 0. The largest absolute Gasteiger partial charge is 0.378 e. The first kappa shape index (κ1) is 15.3. The highest BCUT2D eigenvalue weighted by Gasteiger charge is 2.40. The number of ether oxygens (including phenoxy) is 2. The van der Waals surface area contributed by atoms with E-state index in [1.807, 2.05) is 0 Å². The van der Waals surface area contributed by atoms with Crippen molar-refractivity contribution >= 4 is 0 Å². The number of nitrogens with one attached hydrogen (secondary N) is 1. The average molecular weight is 269 g/mol. The number of hydrogen-bond donors (Lipinski definition) is 1. The summed E-state index contributed by atoms with van der Waals surface area (Å²) in [5.74, 6) is 0. The molecule has 0 saturated carbocycles. The molecule has 0 bridgehead atoms. The van der Waals surface area contributed by atoms with Crippen molar-refractivity contribution in [3.8, 4) is 0 Å². The molecule has 2 aliphatic heterocycles. The van der Waals surface area contributed by atoms with Crippen LogP contribution in [0.25, 0.3) is 0 Å². The smallest absolute Gasteiger partial charge is 0.0616 e. The van der Waals surface area contributed by atoms with E-state index in [1.165, 1.54) is 38.5 Å². The van der Waals surface area contributed by atoms with Gasteiger partial charge in [-0.3, -0.25) is 0 Å². The molecule has 3 heteroatoms. The Labute approximate surface area is 118 Å². The predicted octanol–water partition coefficient (Wildman–Crippen LogP) is 3.13. The van der Waals surface area contributed by atoms with Crippen molar-refractivity contribution in [2.75, 3.05) is 19.8 Å². The van der Waals surface area contributed by atoms with Crippen LogP contribution in [0.1, 0.15) is 59.3 Å². The predicted molar refractivity (Wildman–Crippen MR) is 78.4 cm³/mol. The highest BCUT2D eigenvalue weighted by Crippen LogP contribution is 2.39. The van der Waals surface area contributed by atoms with Crippen molar-refractivity contribution in [2.45, 2.75) is 77.5 Å². The third-order valence-corrected chi connectivity index (χ3v) is 4.92. The third kappa shape index (κ3) is 4.17. The Morgan fingerprint density at radius 1 is 1.26 bits per heavy atom. The molecule has 0 spiro atoms. The van der Waals surface area contributed by atoms with Crippen LogP contribution in [-0.4, -0.2) is 38.0 Å². The van der Waals surface area contributed by atoms with E-state index in [0.29, 0.717) is 23.7 Å². The van der Waals surface area contributed by atoms with Gasteiger partial charge in [0.15, 0.2) is 0 Å². The summed E-state index contributed by atoms with van der Waals surface area (Å²) in [4.78, 5) is 0. The minimum atomic E-state index is 0.350. The molecule has 0 radical (unpaired) electrons. The standard InChI is InChI=1S/C16H31NO2/c1-13(2)17-12-16(9-11-18-14(16)3)8-4-6-15-7-5-10-19-15/h13-15,17H,4-12H2,1-3H3. The molecule has 2 saturated heterocycles. The molecule has 0 aromatic rings. The van der Waals surface area contributed by atoms with Gasteiger partial charge in [0.05, 0.1) is 12.2 Å². The lowest BCUT2D eigenvalue weighted by molar-refractivity contribution is 0.0506. The minimum Gasteiger partial charge on any atom is -0.378 e. The minimum absolute atomic E-state index is 0.350. The second-order valence-corrected chi connectivity index (χ2v) is 6.69. The molecule has 2 fully saturated rings. The van der Waals surface area contributed by atoms with Gasteiger partial charge in [0.1, 0.15) is 0 Å². The van der Waals surface area contributed by atoms with Crippen molar-refractivity contribution in [3.63, 3.8) is 0 Å². The summed E-state index contributed by atoms with van der Waals surface area (Å²) in [6.45, 7) is 9.70. The van der Waals surface area contributed by atoms with Crippen LogP contribution >= 0.6 is 0 Å². The lowest BCUT2D eigenvalue weighted by Crippen LogP contribution is -2.42. The summed E-state index contributed by atoms with van der Waals surface area (Å²) in [5, 5.41) is 3.63. The van der Waals surface area contributed by atoms with E-state index in [0.717, 1.165) is 19.8 Å². The first-order valence-corrected chi connectivity index (χ1v) is 8.09. The van der Waals surface area contributed by atoms with Crippen LogP contribution in [0.4, 0.5) is 0 Å². The zero-order valence-corrected chi connectivity index (χ0v) is 12.9. The highest BCUT2D eigenvalue weighted by atomic mass is 16.5. The fourth-order valence-corrected chi connectivity index (χ4v) is 3.43. The molecule has 112 valence electrons. The highest BCUT2D eigenvalue weighted by molar-refractivity contribution is 4.92. The second kappa shape index (κ2) is 7.05. The molecular weight excluding hydrogens is 238 g/mol. The van der Waals surface area contributed by atoms with Gasteiger partial charge in [-0.25, -0.2) is 0 Å². The molecule has 0 aromatic carbocycles. The van der Waals surface area contributed by atoms with Gasteiger partial charge in [-0.05, 0) is 39.0 Å². The average Bonchev–Trinajstić information content (AvgIpc) is 2.99. The van der Waals surface area contributed by atoms with Crippen molar-refractivity contribution < 1.29 is 9.47 Å². The maximum atomic E-state index is 5.85. The van der Waals surface area contributed by atoms with Crippen molar-refractivity contribution in [1.29, 1.82) is 0 Å². The SMILES string of the molecule is CC(C)NCC1(CCCC2CCCO2)CCOC1C. The quantitative estimate of drug-likeness (QED) is 0.770. The summed E-state index contributed by atoms with van der Waals surface area (Å²) in [6.07, 6.45) is 8.44. The first-order valence-electron chi connectivity index (χ1n) is 8.09. The molecule has 19 heavy (non-hydrogen) atoms. The van der Waals surface area contributed by atoms with Crippen LogP contribution in [0.5, 0.6) is 0 Å². The number of hydrogen-bond acceptors (Lipinski definition) is 3. The topological polar surface area (TPSA) is 30.5 Å². The Bertz CT molecular complexity index is 263. The molecule has 2 heterocycles. The molecule has 0 aromatic heterocycles. The van der Waals surface area contributed by atoms with E-state index >= 15 is 0 Å². The van der Waals surface area contributed by atoms with Gasteiger partial charge in [0.25, 0.3) is 0 Å². The van der Waals surface area contributed by atoms with Crippen LogP contribution in [0.15, 0.2) is 0 Å². The maximum Gasteiger partial charge on any atom is 0.0616 e. The van der Waals surface area contributed by atoms with Gasteiger partial charge in [0, 0.05) is 31.2 Å². The van der Waals surface area contributed by atoms with Gasteiger partial charge in [-0.2, -0.15) is 0 Å². The second-order valence-electron chi connectivity index (χ2n) is 6.69. The van der Waals surface area contributed by atoms with Crippen LogP contribution in [-0.2, 0) is 9.47 Å². The Morgan fingerprint density at radius 3 is 2.68 bits per heavy atom. The van der Waals surface area contributed by atoms with Crippen LogP contribution in [0.3, 0.4) is 0 Å². The summed E-state index contributed by atoms with van der Waals surface area (Å²) in [6, 6.07) is 0.558. The van der Waals surface area contributed by atoms with Crippen LogP contribution < -0.4 is 5.32 Å². The molecule has 2 aliphatic rings. The van der Waals surface area contributed by atoms with Gasteiger partial charge in [-0.1, -0.05) is 20.3 Å². The fourth-order valence-electron chi connectivity index (χ4n) is 3.43. The lowest BCUT2D eigenvalue weighted by Gasteiger charge is -2.34. The Hall–Kier alpha value is -0.120. The molecule has 3 nitrogen and oxygen atoms in total. The van der Waals surface area contributed by atoms with E-state index in [9.17, 15) is 0 Å².